The van der Waals surface area contributed by atoms with Crippen LogP contribution in [0.15, 0.2) is 24.3 Å². The molecular weight excluding hydrogens is 240 g/mol. The second-order valence-corrected chi connectivity index (χ2v) is 4.99. The normalized spacial score (nSPS) is 14.2. The van der Waals surface area contributed by atoms with Gasteiger partial charge < -0.3 is 15.4 Å². The summed E-state index contributed by atoms with van der Waals surface area (Å²) in [6, 6.07) is 8.34. The topological polar surface area (TPSA) is 55.6 Å². The van der Waals surface area contributed by atoms with Gasteiger partial charge in [0.1, 0.15) is 5.75 Å². The highest BCUT2D eigenvalue weighted by Crippen LogP contribution is 2.29. The zero-order valence-corrected chi connectivity index (χ0v) is 11.5. The summed E-state index contributed by atoms with van der Waals surface area (Å²) < 4.78 is 5.14. The van der Waals surface area contributed by atoms with Crippen molar-refractivity contribution in [2.24, 2.45) is 5.73 Å². The van der Waals surface area contributed by atoms with E-state index in [0.29, 0.717) is 25.6 Å². The Hall–Kier alpha value is -1.55. The quantitative estimate of drug-likeness (QED) is 0.817. The molecule has 1 aromatic carbocycles. The molecule has 0 radical (unpaired) electrons. The van der Waals surface area contributed by atoms with E-state index in [1.807, 2.05) is 29.2 Å². The summed E-state index contributed by atoms with van der Waals surface area (Å²) in [5.74, 6) is 1.07. The molecule has 0 saturated heterocycles. The summed E-state index contributed by atoms with van der Waals surface area (Å²) in [5.41, 5.74) is 6.62. The SMILES string of the molecule is COc1ccc(CN(C(=O)CCCN)C2CC2)cc1. The summed E-state index contributed by atoms with van der Waals surface area (Å²) in [6.07, 6.45) is 3.59. The smallest absolute Gasteiger partial charge is 0.223 e. The third kappa shape index (κ3) is 3.96. The maximum Gasteiger partial charge on any atom is 0.223 e. The van der Waals surface area contributed by atoms with Gasteiger partial charge in [0.2, 0.25) is 5.91 Å². The Morgan fingerprint density at radius 3 is 2.58 bits per heavy atom. The molecule has 1 aliphatic rings. The van der Waals surface area contributed by atoms with Crippen LogP contribution in [-0.4, -0.2) is 30.5 Å². The molecule has 2 rings (SSSR count). The summed E-state index contributed by atoms with van der Waals surface area (Å²) >= 11 is 0. The lowest BCUT2D eigenvalue weighted by atomic mass is 10.2. The molecule has 0 bridgehead atoms. The van der Waals surface area contributed by atoms with Crippen molar-refractivity contribution in [2.75, 3.05) is 13.7 Å². The van der Waals surface area contributed by atoms with Crippen LogP contribution in [0.2, 0.25) is 0 Å². The van der Waals surface area contributed by atoms with Gasteiger partial charge in [0, 0.05) is 19.0 Å². The van der Waals surface area contributed by atoms with Crippen LogP contribution < -0.4 is 10.5 Å². The number of nitrogens with zero attached hydrogens (tertiary/aromatic N) is 1. The van der Waals surface area contributed by atoms with Crippen LogP contribution in [0.1, 0.15) is 31.2 Å². The average Bonchev–Trinajstić information content (AvgIpc) is 3.27. The molecule has 1 saturated carbocycles. The highest BCUT2D eigenvalue weighted by atomic mass is 16.5. The zero-order chi connectivity index (χ0) is 13.7. The molecule has 4 nitrogen and oxygen atoms in total. The van der Waals surface area contributed by atoms with Crippen LogP contribution in [-0.2, 0) is 11.3 Å². The third-order valence-corrected chi connectivity index (χ3v) is 3.41. The Morgan fingerprint density at radius 2 is 2.05 bits per heavy atom. The minimum absolute atomic E-state index is 0.226. The van der Waals surface area contributed by atoms with Crippen molar-refractivity contribution in [3.8, 4) is 5.75 Å². The molecule has 0 unspecified atom stereocenters. The van der Waals surface area contributed by atoms with Crippen LogP contribution in [0.5, 0.6) is 5.75 Å². The molecule has 0 aromatic heterocycles. The molecule has 0 heterocycles. The van der Waals surface area contributed by atoms with E-state index in [4.69, 9.17) is 10.5 Å². The lowest BCUT2D eigenvalue weighted by Crippen LogP contribution is -2.32. The molecular formula is C15H22N2O2. The van der Waals surface area contributed by atoms with Crippen molar-refractivity contribution in [2.45, 2.75) is 38.3 Å². The number of methoxy groups -OCH3 is 1. The van der Waals surface area contributed by atoms with Gasteiger partial charge in [-0.25, -0.2) is 0 Å². The first kappa shape index (κ1) is 13.9. The van der Waals surface area contributed by atoms with E-state index in [1.165, 1.54) is 0 Å². The largest absolute Gasteiger partial charge is 0.497 e. The fourth-order valence-corrected chi connectivity index (χ4v) is 2.13. The Morgan fingerprint density at radius 1 is 1.37 bits per heavy atom. The lowest BCUT2D eigenvalue weighted by Gasteiger charge is -2.22. The number of rotatable bonds is 7. The number of benzene rings is 1. The Bertz CT molecular complexity index is 413. The standard InChI is InChI=1S/C15H22N2O2/c1-19-14-8-4-12(5-9-14)11-17(13-6-7-13)15(18)3-2-10-16/h4-5,8-9,13H,2-3,6-7,10-11,16H2,1H3. The van der Waals surface area contributed by atoms with Crippen molar-refractivity contribution in [1.29, 1.82) is 0 Å². The molecule has 0 atom stereocenters. The number of hydrogen-bond acceptors (Lipinski definition) is 3. The molecule has 1 aromatic rings. The van der Waals surface area contributed by atoms with Crippen molar-refractivity contribution in [3.05, 3.63) is 29.8 Å². The minimum atomic E-state index is 0.226. The first-order valence-electron chi connectivity index (χ1n) is 6.87. The predicted molar refractivity (Wildman–Crippen MR) is 74.9 cm³/mol. The Balaban J connectivity index is 1.97. The molecule has 0 aliphatic heterocycles. The average molecular weight is 262 g/mol. The minimum Gasteiger partial charge on any atom is -0.497 e. The van der Waals surface area contributed by atoms with E-state index < -0.39 is 0 Å². The molecule has 4 heteroatoms. The van der Waals surface area contributed by atoms with Gasteiger partial charge in [-0.3, -0.25) is 4.79 Å². The van der Waals surface area contributed by atoms with Crippen molar-refractivity contribution < 1.29 is 9.53 Å². The molecule has 19 heavy (non-hydrogen) atoms. The van der Waals surface area contributed by atoms with Crippen molar-refractivity contribution >= 4 is 5.91 Å². The number of hydrogen-bond donors (Lipinski definition) is 1. The van der Waals surface area contributed by atoms with Gasteiger partial charge in [0.25, 0.3) is 0 Å². The van der Waals surface area contributed by atoms with Crippen LogP contribution in [0.4, 0.5) is 0 Å². The van der Waals surface area contributed by atoms with Crippen LogP contribution in [0.25, 0.3) is 0 Å². The van der Waals surface area contributed by atoms with E-state index >= 15 is 0 Å². The Kier molecular flexibility index (Phi) is 4.80. The fraction of sp³-hybridized carbons (Fsp3) is 0.533. The molecule has 1 aliphatic carbocycles. The lowest BCUT2D eigenvalue weighted by molar-refractivity contribution is -0.132. The van der Waals surface area contributed by atoms with Gasteiger partial charge in [0.15, 0.2) is 0 Å². The van der Waals surface area contributed by atoms with Crippen LogP contribution >= 0.6 is 0 Å². The summed E-state index contributed by atoms with van der Waals surface area (Å²) in [4.78, 5) is 14.2. The van der Waals surface area contributed by atoms with Crippen LogP contribution in [0.3, 0.4) is 0 Å². The molecule has 0 spiro atoms. The number of nitrogens with two attached hydrogens (primary N) is 1. The van der Waals surface area contributed by atoms with Gasteiger partial charge in [-0.15, -0.1) is 0 Å². The van der Waals surface area contributed by atoms with E-state index in [1.54, 1.807) is 7.11 Å². The number of carbonyl (C=O) groups excluding carboxylic acids is 1. The van der Waals surface area contributed by atoms with E-state index in [0.717, 1.165) is 30.6 Å². The fourth-order valence-electron chi connectivity index (χ4n) is 2.13. The van der Waals surface area contributed by atoms with E-state index in [-0.39, 0.29) is 5.91 Å². The van der Waals surface area contributed by atoms with Gasteiger partial charge in [0.05, 0.1) is 7.11 Å². The van der Waals surface area contributed by atoms with E-state index in [9.17, 15) is 4.79 Å². The van der Waals surface area contributed by atoms with Gasteiger partial charge >= 0.3 is 0 Å². The second-order valence-electron chi connectivity index (χ2n) is 4.99. The van der Waals surface area contributed by atoms with Gasteiger partial charge in [-0.05, 0) is 43.5 Å². The molecule has 1 fully saturated rings. The van der Waals surface area contributed by atoms with Gasteiger partial charge in [-0.1, -0.05) is 12.1 Å². The second kappa shape index (κ2) is 6.57. The van der Waals surface area contributed by atoms with Crippen LogP contribution in [0, 0.1) is 0 Å². The highest BCUT2D eigenvalue weighted by molar-refractivity contribution is 5.76. The summed E-state index contributed by atoms with van der Waals surface area (Å²) in [7, 11) is 1.65. The first-order chi connectivity index (χ1) is 9.24. The molecule has 104 valence electrons. The molecule has 1 amide bonds. The number of carbonyl (C=O) groups is 1. The summed E-state index contributed by atoms with van der Waals surface area (Å²) in [6.45, 7) is 1.27. The number of ether oxygens (including phenoxy) is 1. The van der Waals surface area contributed by atoms with E-state index in [2.05, 4.69) is 0 Å². The molecule has 2 N–H and O–H groups in total. The maximum absolute atomic E-state index is 12.2. The Labute approximate surface area is 114 Å². The zero-order valence-electron chi connectivity index (χ0n) is 11.5. The highest BCUT2D eigenvalue weighted by Gasteiger charge is 2.31. The van der Waals surface area contributed by atoms with Gasteiger partial charge in [-0.2, -0.15) is 0 Å². The van der Waals surface area contributed by atoms with Crippen molar-refractivity contribution in [3.63, 3.8) is 0 Å². The third-order valence-electron chi connectivity index (χ3n) is 3.41. The predicted octanol–water partition coefficient (Wildman–Crippen LogP) is 1.93. The first-order valence-corrected chi connectivity index (χ1v) is 6.87. The summed E-state index contributed by atoms with van der Waals surface area (Å²) in [5, 5.41) is 0. The number of amides is 1. The monoisotopic (exact) mass is 262 g/mol. The maximum atomic E-state index is 12.2. The van der Waals surface area contributed by atoms with Crippen molar-refractivity contribution in [1.82, 2.24) is 4.90 Å².